The number of nitrogens with one attached hydrogen (secondary N) is 1. The summed E-state index contributed by atoms with van der Waals surface area (Å²) in [6.07, 6.45) is -1.64. The van der Waals surface area contributed by atoms with E-state index in [1.165, 1.54) is 0 Å². The summed E-state index contributed by atoms with van der Waals surface area (Å²) in [5.74, 6) is -1.22. The van der Waals surface area contributed by atoms with Gasteiger partial charge in [-0.2, -0.15) is 4.98 Å². The Bertz CT molecular complexity index is 921. The number of hydrogen-bond acceptors (Lipinski definition) is 9. The number of carbonyl (C=O) groups is 1. The Morgan fingerprint density at radius 3 is 2.88 bits per heavy atom. The second-order valence-corrected chi connectivity index (χ2v) is 7.79. The number of H-pyrrole nitrogens is 1. The molecule has 1 saturated heterocycles. The maximum Gasteiger partial charge on any atom is 0.311 e. The van der Waals surface area contributed by atoms with Gasteiger partial charge in [-0.05, 0) is 6.42 Å². The summed E-state index contributed by atoms with van der Waals surface area (Å²) in [7, 11) is 0. The van der Waals surface area contributed by atoms with E-state index >= 15 is 0 Å². The minimum absolute atomic E-state index is 0.0453. The summed E-state index contributed by atoms with van der Waals surface area (Å²) in [6, 6.07) is 0. The Balaban J connectivity index is 2.10. The van der Waals surface area contributed by atoms with Gasteiger partial charge in [0.2, 0.25) is 5.95 Å². The van der Waals surface area contributed by atoms with Gasteiger partial charge in [-0.15, -0.1) is 11.8 Å². The van der Waals surface area contributed by atoms with Gasteiger partial charge in [0.05, 0.1) is 17.8 Å². The molecule has 3 rings (SSSR count). The Labute approximate surface area is 148 Å². The third kappa shape index (κ3) is 3.29. The van der Waals surface area contributed by atoms with Crippen LogP contribution in [0.5, 0.6) is 0 Å². The fourth-order valence-corrected chi connectivity index (χ4v) is 4.89. The minimum atomic E-state index is -1.06. The van der Waals surface area contributed by atoms with Gasteiger partial charge in [0.25, 0.3) is 5.56 Å². The van der Waals surface area contributed by atoms with Crippen molar-refractivity contribution in [3.63, 3.8) is 0 Å². The molecule has 1 aliphatic heterocycles. The van der Waals surface area contributed by atoms with Crippen LogP contribution in [0, 0.1) is 0 Å². The monoisotopic (exact) mass is 388 g/mol. The molecule has 10 nitrogen and oxygen atoms in total. The maximum atomic E-state index is 12.4. The van der Waals surface area contributed by atoms with Gasteiger partial charge >= 0.3 is 10.8 Å². The fourth-order valence-electron chi connectivity index (χ4n) is 2.59. The van der Waals surface area contributed by atoms with Gasteiger partial charge in [-0.1, -0.05) is 18.3 Å². The van der Waals surface area contributed by atoms with Crippen LogP contribution in [-0.4, -0.2) is 47.5 Å². The van der Waals surface area contributed by atoms with Gasteiger partial charge in [0.15, 0.2) is 11.9 Å². The summed E-state index contributed by atoms with van der Waals surface area (Å²) in [5, 5.41) is 18.5. The smallest absolute Gasteiger partial charge is 0.311 e. The second kappa shape index (κ2) is 6.78. The molecule has 12 heteroatoms. The molecule has 25 heavy (non-hydrogen) atoms. The third-order valence-corrected chi connectivity index (χ3v) is 6.14. The molecule has 136 valence electrons. The molecule has 0 aromatic carbocycles. The molecule has 0 bridgehead atoms. The number of hydrogen-bond donors (Lipinski definition) is 4. The summed E-state index contributed by atoms with van der Waals surface area (Å²) in [6.45, 7) is 1.77. The Kier molecular flexibility index (Phi) is 4.86. The van der Waals surface area contributed by atoms with Crippen molar-refractivity contribution in [1.29, 1.82) is 0 Å². The molecule has 4 atom stereocenters. The number of aliphatic carboxylic acids is 1. The number of aliphatic hydroxyl groups is 1. The number of anilines is 1. The van der Waals surface area contributed by atoms with Gasteiger partial charge < -0.3 is 20.7 Å². The number of nitrogens with two attached hydrogens (primary N) is 1. The molecule has 2 aromatic rings. The van der Waals surface area contributed by atoms with Gasteiger partial charge in [0.1, 0.15) is 10.1 Å². The fraction of sp³-hybridized carbons (Fsp3) is 0.538. The number of aliphatic hydroxyl groups excluding tert-OH is 1. The lowest BCUT2D eigenvalue weighted by Crippen LogP contribution is -2.29. The van der Waals surface area contributed by atoms with Gasteiger partial charge in [-0.25, -0.2) is 0 Å². The van der Waals surface area contributed by atoms with E-state index in [2.05, 4.69) is 9.97 Å². The number of fused-ring (bicyclic) bond motifs is 1. The highest BCUT2D eigenvalue weighted by molar-refractivity contribution is 8.00. The molecule has 0 spiro atoms. The lowest BCUT2D eigenvalue weighted by molar-refractivity contribution is -0.138. The first kappa shape index (κ1) is 17.9. The number of ether oxygens (including phenoxy) is 1. The summed E-state index contributed by atoms with van der Waals surface area (Å²) < 4.78 is 7.00. The quantitative estimate of drug-likeness (QED) is 0.549. The largest absolute Gasteiger partial charge is 0.481 e. The molecule has 0 radical (unpaired) electrons. The Morgan fingerprint density at radius 1 is 1.52 bits per heavy atom. The molecule has 2 aromatic heterocycles. The van der Waals surface area contributed by atoms with Crippen molar-refractivity contribution in [2.45, 2.75) is 42.8 Å². The van der Waals surface area contributed by atoms with Crippen LogP contribution < -0.4 is 16.2 Å². The van der Waals surface area contributed by atoms with Crippen molar-refractivity contribution in [1.82, 2.24) is 14.5 Å². The van der Waals surface area contributed by atoms with Crippen molar-refractivity contribution in [3.05, 3.63) is 20.0 Å². The molecule has 3 heterocycles. The van der Waals surface area contributed by atoms with Crippen LogP contribution in [0.4, 0.5) is 5.95 Å². The molecule has 0 saturated carbocycles. The Hall–Kier alpha value is -1.89. The van der Waals surface area contributed by atoms with Crippen LogP contribution in [0.3, 0.4) is 0 Å². The first-order valence-corrected chi connectivity index (χ1v) is 9.19. The number of thioether (sulfide) groups is 1. The second-order valence-electron chi connectivity index (χ2n) is 5.48. The average Bonchev–Trinajstić information content (AvgIpc) is 3.06. The Morgan fingerprint density at radius 2 is 2.24 bits per heavy atom. The first-order valence-electron chi connectivity index (χ1n) is 7.43. The zero-order chi connectivity index (χ0) is 18.3. The van der Waals surface area contributed by atoms with E-state index in [1.54, 1.807) is 6.92 Å². The number of carboxylic acids is 1. The van der Waals surface area contributed by atoms with E-state index in [9.17, 15) is 19.5 Å². The molecule has 1 unspecified atom stereocenters. The summed E-state index contributed by atoms with van der Waals surface area (Å²) >= 11 is 1.83. The molecule has 5 N–H and O–H groups in total. The van der Waals surface area contributed by atoms with E-state index in [1.807, 2.05) is 0 Å². The maximum absolute atomic E-state index is 12.4. The average molecular weight is 388 g/mol. The van der Waals surface area contributed by atoms with E-state index < -0.39 is 39.4 Å². The molecular weight excluding hydrogens is 372 g/mol. The highest BCUT2D eigenvalue weighted by Crippen LogP contribution is 2.43. The zero-order valence-electron chi connectivity index (χ0n) is 13.0. The molecule has 1 fully saturated rings. The van der Waals surface area contributed by atoms with Crippen LogP contribution in [0.15, 0.2) is 9.59 Å². The molecule has 0 aliphatic carbocycles. The predicted octanol–water partition coefficient (Wildman–Crippen LogP) is -0.0692. The molecule has 1 aliphatic rings. The SMILES string of the molecule is CCC(O)[C@H]1O[C@@H](n2c(=O)sc3c(=O)[nH]c(N)nc32)[C@H](CC(=O)O)S1. The normalized spacial score (nSPS) is 24.6. The highest BCUT2D eigenvalue weighted by Gasteiger charge is 2.42. The zero-order valence-corrected chi connectivity index (χ0v) is 14.7. The van der Waals surface area contributed by atoms with Crippen LogP contribution in [-0.2, 0) is 9.53 Å². The van der Waals surface area contributed by atoms with E-state index in [4.69, 9.17) is 15.6 Å². The van der Waals surface area contributed by atoms with Gasteiger partial charge in [-0.3, -0.25) is 23.9 Å². The van der Waals surface area contributed by atoms with E-state index in [-0.39, 0.29) is 22.7 Å². The lowest BCUT2D eigenvalue weighted by Gasteiger charge is -2.18. The number of aromatic amines is 1. The number of nitrogens with zero attached hydrogens (tertiary/aromatic N) is 2. The molecular formula is C13H16N4O6S2. The van der Waals surface area contributed by atoms with Crippen LogP contribution in [0.2, 0.25) is 0 Å². The number of rotatable bonds is 5. The molecule has 0 amide bonds. The van der Waals surface area contributed by atoms with Crippen LogP contribution in [0.25, 0.3) is 10.3 Å². The van der Waals surface area contributed by atoms with Crippen molar-refractivity contribution >= 4 is 45.4 Å². The van der Waals surface area contributed by atoms with E-state index in [0.29, 0.717) is 17.8 Å². The third-order valence-electron chi connectivity index (χ3n) is 3.75. The highest BCUT2D eigenvalue weighted by atomic mass is 32.2. The van der Waals surface area contributed by atoms with Crippen molar-refractivity contribution < 1.29 is 19.7 Å². The summed E-state index contributed by atoms with van der Waals surface area (Å²) in [5.41, 5.74) is 4.37. The van der Waals surface area contributed by atoms with Crippen molar-refractivity contribution in [2.75, 3.05) is 5.73 Å². The first-order chi connectivity index (χ1) is 11.8. The predicted molar refractivity (Wildman–Crippen MR) is 92.8 cm³/mol. The number of carboxylic acid groups (broad SMARTS) is 1. The number of aromatic nitrogens is 3. The standard InChI is InChI=1S/C13H16N4O6S2/c1-2-4(18)11-23-10(5(24-11)3-6(19)20)17-8-7(25-13(17)22)9(21)16-12(14)15-8/h4-5,10-11,18H,2-3H2,1H3,(H,19,20)(H3,14,15,16,21)/t4?,5-,10+,11-/m0/s1. The van der Waals surface area contributed by atoms with E-state index in [0.717, 1.165) is 16.3 Å². The number of nitrogen functional groups attached to an aromatic ring is 1. The van der Waals surface area contributed by atoms with Crippen molar-refractivity contribution in [3.8, 4) is 0 Å². The van der Waals surface area contributed by atoms with Crippen LogP contribution in [0.1, 0.15) is 26.0 Å². The summed E-state index contributed by atoms with van der Waals surface area (Å²) in [4.78, 5) is 41.3. The van der Waals surface area contributed by atoms with Gasteiger partial charge in [0, 0.05) is 0 Å². The van der Waals surface area contributed by atoms with Crippen LogP contribution >= 0.6 is 23.1 Å². The van der Waals surface area contributed by atoms with Crippen molar-refractivity contribution in [2.24, 2.45) is 0 Å². The topological polar surface area (TPSA) is 161 Å². The number of thiazole rings is 1. The minimum Gasteiger partial charge on any atom is -0.481 e. The lowest BCUT2D eigenvalue weighted by atomic mass is 10.2.